The summed E-state index contributed by atoms with van der Waals surface area (Å²) in [6.45, 7) is 5.36. The first-order valence-corrected chi connectivity index (χ1v) is 10.1. The van der Waals surface area contributed by atoms with Crippen molar-refractivity contribution in [2.24, 2.45) is 0 Å². The lowest BCUT2D eigenvalue weighted by atomic mass is 10.0. The van der Waals surface area contributed by atoms with Crippen LogP contribution in [0.15, 0.2) is 48.5 Å². The van der Waals surface area contributed by atoms with Crippen LogP contribution in [0.5, 0.6) is 5.75 Å². The maximum atomic E-state index is 12.6. The first kappa shape index (κ1) is 19.7. The van der Waals surface area contributed by atoms with E-state index in [2.05, 4.69) is 23.2 Å². The number of benzene rings is 2. The summed E-state index contributed by atoms with van der Waals surface area (Å²) in [5.41, 5.74) is 1.71. The zero-order valence-electron chi connectivity index (χ0n) is 15.8. The van der Waals surface area contributed by atoms with E-state index in [4.69, 9.17) is 16.3 Å². The third-order valence-corrected chi connectivity index (χ3v) is 5.24. The highest BCUT2D eigenvalue weighted by molar-refractivity contribution is 6.31. The topological polar surface area (TPSA) is 41.6 Å². The van der Waals surface area contributed by atoms with E-state index >= 15 is 0 Å². The van der Waals surface area contributed by atoms with Crippen LogP contribution in [-0.2, 0) is 0 Å². The van der Waals surface area contributed by atoms with Gasteiger partial charge in [0.25, 0.3) is 5.91 Å². The average Bonchev–Trinajstić information content (AvgIpc) is 3.22. The van der Waals surface area contributed by atoms with Crippen LogP contribution in [0.25, 0.3) is 0 Å². The second-order valence-corrected chi connectivity index (χ2v) is 7.27. The molecule has 27 heavy (non-hydrogen) atoms. The summed E-state index contributed by atoms with van der Waals surface area (Å²) < 4.78 is 5.57. The van der Waals surface area contributed by atoms with Gasteiger partial charge in [0, 0.05) is 17.1 Å². The van der Waals surface area contributed by atoms with E-state index in [9.17, 15) is 4.79 Å². The Kier molecular flexibility index (Phi) is 7.13. The largest absolute Gasteiger partial charge is 0.494 e. The zero-order chi connectivity index (χ0) is 19.1. The minimum atomic E-state index is -0.0757. The molecule has 5 heteroatoms. The van der Waals surface area contributed by atoms with Crippen molar-refractivity contribution >= 4 is 17.5 Å². The van der Waals surface area contributed by atoms with Gasteiger partial charge < -0.3 is 10.1 Å². The smallest absolute Gasteiger partial charge is 0.251 e. The number of hydrogen-bond donors (Lipinski definition) is 1. The molecule has 2 aromatic rings. The van der Waals surface area contributed by atoms with Gasteiger partial charge in [-0.1, -0.05) is 36.7 Å². The molecular formula is C22H27ClN2O2. The summed E-state index contributed by atoms with van der Waals surface area (Å²) >= 11 is 6.44. The SMILES string of the molecule is CCCOc1ccc(C(=O)NC[C@@H](c2ccccc2Cl)N2CCCC2)cc1. The number of carbonyl (C=O) groups is 1. The van der Waals surface area contributed by atoms with E-state index in [1.165, 1.54) is 12.8 Å². The van der Waals surface area contributed by atoms with Crippen molar-refractivity contribution in [3.05, 3.63) is 64.7 Å². The molecule has 1 N–H and O–H groups in total. The molecule has 1 fully saturated rings. The molecule has 0 bridgehead atoms. The van der Waals surface area contributed by atoms with Crippen LogP contribution in [0, 0.1) is 0 Å². The Balaban J connectivity index is 1.66. The van der Waals surface area contributed by atoms with Gasteiger partial charge in [-0.3, -0.25) is 9.69 Å². The van der Waals surface area contributed by atoms with Gasteiger partial charge in [-0.05, 0) is 68.2 Å². The first-order valence-electron chi connectivity index (χ1n) is 9.68. The highest BCUT2D eigenvalue weighted by Crippen LogP contribution is 2.29. The number of amides is 1. The van der Waals surface area contributed by atoms with Crippen molar-refractivity contribution in [2.75, 3.05) is 26.2 Å². The van der Waals surface area contributed by atoms with Crippen molar-refractivity contribution in [3.8, 4) is 5.75 Å². The number of likely N-dealkylation sites (tertiary alicyclic amines) is 1. The number of carbonyl (C=O) groups excluding carboxylic acids is 1. The fourth-order valence-electron chi connectivity index (χ4n) is 3.45. The number of rotatable bonds is 8. The maximum Gasteiger partial charge on any atom is 0.251 e. The average molecular weight is 387 g/mol. The fourth-order valence-corrected chi connectivity index (χ4v) is 3.71. The highest BCUT2D eigenvalue weighted by atomic mass is 35.5. The van der Waals surface area contributed by atoms with Gasteiger partial charge in [0.05, 0.1) is 12.6 Å². The van der Waals surface area contributed by atoms with Crippen LogP contribution in [0.3, 0.4) is 0 Å². The highest BCUT2D eigenvalue weighted by Gasteiger charge is 2.25. The quantitative estimate of drug-likeness (QED) is 0.715. The van der Waals surface area contributed by atoms with E-state index in [-0.39, 0.29) is 11.9 Å². The number of hydrogen-bond acceptors (Lipinski definition) is 3. The maximum absolute atomic E-state index is 12.6. The summed E-state index contributed by atoms with van der Waals surface area (Å²) in [5, 5.41) is 3.84. The molecule has 1 amide bonds. The molecule has 1 heterocycles. The van der Waals surface area contributed by atoms with Crippen LogP contribution in [0.1, 0.15) is 48.1 Å². The summed E-state index contributed by atoms with van der Waals surface area (Å²) in [7, 11) is 0. The number of ether oxygens (including phenoxy) is 1. The van der Waals surface area contributed by atoms with Crippen LogP contribution < -0.4 is 10.1 Å². The van der Waals surface area contributed by atoms with Gasteiger partial charge in [-0.25, -0.2) is 0 Å². The molecule has 4 nitrogen and oxygen atoms in total. The molecule has 1 saturated heterocycles. The van der Waals surface area contributed by atoms with Gasteiger partial charge in [0.2, 0.25) is 0 Å². The van der Waals surface area contributed by atoms with Crippen LogP contribution in [0.2, 0.25) is 5.02 Å². The van der Waals surface area contributed by atoms with Gasteiger partial charge in [0.15, 0.2) is 0 Å². The van der Waals surface area contributed by atoms with Crippen LogP contribution in [0.4, 0.5) is 0 Å². The Bertz CT molecular complexity index is 742. The predicted molar refractivity (Wildman–Crippen MR) is 110 cm³/mol. The molecule has 0 unspecified atom stereocenters. The molecule has 0 radical (unpaired) electrons. The molecule has 1 atom stereocenters. The minimum absolute atomic E-state index is 0.0757. The van der Waals surface area contributed by atoms with Crippen molar-refractivity contribution in [1.82, 2.24) is 10.2 Å². The van der Waals surface area contributed by atoms with Crippen molar-refractivity contribution in [1.29, 1.82) is 0 Å². The van der Waals surface area contributed by atoms with Gasteiger partial charge in [-0.15, -0.1) is 0 Å². The summed E-state index contributed by atoms with van der Waals surface area (Å²) in [6.07, 6.45) is 3.34. The third kappa shape index (κ3) is 5.24. The first-order chi connectivity index (χ1) is 13.2. The number of nitrogens with zero attached hydrogens (tertiary/aromatic N) is 1. The molecule has 0 saturated carbocycles. The molecule has 0 aromatic heterocycles. The summed E-state index contributed by atoms with van der Waals surface area (Å²) in [6, 6.07) is 15.3. The zero-order valence-corrected chi connectivity index (χ0v) is 16.5. The second kappa shape index (κ2) is 9.77. The van der Waals surface area contributed by atoms with E-state index in [1.807, 2.05) is 30.3 Å². The standard InChI is InChI=1S/C22H27ClN2O2/c1-2-15-27-18-11-9-17(10-12-18)22(26)24-16-21(25-13-5-6-14-25)19-7-3-4-8-20(19)23/h3-4,7-12,21H,2,5-6,13-16H2,1H3,(H,24,26)/t21-/m0/s1. The van der Waals surface area contributed by atoms with Crippen LogP contribution >= 0.6 is 11.6 Å². The van der Waals surface area contributed by atoms with E-state index in [1.54, 1.807) is 12.1 Å². The lowest BCUT2D eigenvalue weighted by Gasteiger charge is -2.29. The molecule has 0 spiro atoms. The molecule has 3 rings (SSSR count). The number of nitrogens with one attached hydrogen (secondary N) is 1. The second-order valence-electron chi connectivity index (χ2n) is 6.86. The van der Waals surface area contributed by atoms with Gasteiger partial charge in [0.1, 0.15) is 5.75 Å². The predicted octanol–water partition coefficient (Wildman–Crippen LogP) is 4.70. The molecule has 1 aliphatic heterocycles. The Hall–Kier alpha value is -2.04. The van der Waals surface area contributed by atoms with Crippen molar-refractivity contribution < 1.29 is 9.53 Å². The lowest BCUT2D eigenvalue weighted by Crippen LogP contribution is -2.37. The Morgan fingerprint density at radius 1 is 1.15 bits per heavy atom. The Morgan fingerprint density at radius 3 is 2.52 bits per heavy atom. The van der Waals surface area contributed by atoms with Gasteiger partial charge >= 0.3 is 0 Å². The fraction of sp³-hybridized carbons (Fsp3) is 0.409. The Labute approximate surface area is 166 Å². The molecule has 0 aliphatic carbocycles. The van der Waals surface area contributed by atoms with Crippen molar-refractivity contribution in [2.45, 2.75) is 32.2 Å². The van der Waals surface area contributed by atoms with E-state index in [0.29, 0.717) is 18.7 Å². The van der Waals surface area contributed by atoms with E-state index in [0.717, 1.165) is 35.8 Å². The molecule has 1 aliphatic rings. The minimum Gasteiger partial charge on any atom is -0.494 e. The van der Waals surface area contributed by atoms with Crippen molar-refractivity contribution in [3.63, 3.8) is 0 Å². The van der Waals surface area contributed by atoms with Gasteiger partial charge in [-0.2, -0.15) is 0 Å². The lowest BCUT2D eigenvalue weighted by molar-refractivity contribution is 0.0938. The third-order valence-electron chi connectivity index (χ3n) is 4.89. The monoisotopic (exact) mass is 386 g/mol. The number of halogens is 1. The summed E-state index contributed by atoms with van der Waals surface area (Å²) in [4.78, 5) is 15.0. The Morgan fingerprint density at radius 2 is 1.85 bits per heavy atom. The normalized spacial score (nSPS) is 15.5. The van der Waals surface area contributed by atoms with E-state index < -0.39 is 0 Å². The van der Waals surface area contributed by atoms with Crippen LogP contribution in [-0.4, -0.2) is 37.0 Å². The molecule has 144 valence electrons. The summed E-state index contributed by atoms with van der Waals surface area (Å²) in [5.74, 6) is 0.715. The molecular weight excluding hydrogens is 360 g/mol. The molecule has 2 aromatic carbocycles.